The zero-order valence-corrected chi connectivity index (χ0v) is 5.59. The highest BCUT2D eigenvalue weighted by atomic mass is 16.4. The van der Waals surface area contributed by atoms with Crippen molar-refractivity contribution in [3.05, 3.63) is 0 Å². The summed E-state index contributed by atoms with van der Waals surface area (Å²) in [6.07, 6.45) is 0.797. The molecule has 1 aliphatic carbocycles. The lowest BCUT2D eigenvalue weighted by atomic mass is 10.1. The third kappa shape index (κ3) is 1.49. The number of hydrogen-bond acceptors (Lipinski definition) is 3. The summed E-state index contributed by atoms with van der Waals surface area (Å²) in [4.78, 5) is 20.2. The minimum Gasteiger partial charge on any atom is -0.548 e. The van der Waals surface area contributed by atoms with Crippen LogP contribution in [0.25, 0.3) is 0 Å². The molecule has 0 aromatic carbocycles. The Balaban J connectivity index is 2.71. The molecule has 1 N–H and O–H groups in total. The minimum atomic E-state index is -1.31. The van der Waals surface area contributed by atoms with Gasteiger partial charge < -0.3 is 15.0 Å². The average molecular weight is 153 g/mol. The first-order valence-corrected chi connectivity index (χ1v) is 3.04. The molecule has 0 aromatic heterocycles. The van der Waals surface area contributed by atoms with Crippen LogP contribution in [0.2, 0.25) is 0 Å². The molecular formula is C7H5O4-. The Hall–Kier alpha value is -1.50. The molecule has 0 bridgehead atoms. The fourth-order valence-corrected chi connectivity index (χ4v) is 0.678. The van der Waals surface area contributed by atoms with Gasteiger partial charge in [0.15, 0.2) is 0 Å². The Kier molecular flexibility index (Phi) is 1.57. The van der Waals surface area contributed by atoms with Gasteiger partial charge in [-0.2, -0.15) is 0 Å². The van der Waals surface area contributed by atoms with Crippen LogP contribution in [0, 0.1) is 17.3 Å². The van der Waals surface area contributed by atoms with Crippen LogP contribution in [0.15, 0.2) is 0 Å². The summed E-state index contributed by atoms with van der Waals surface area (Å²) in [7, 11) is 0. The van der Waals surface area contributed by atoms with Gasteiger partial charge in [-0.1, -0.05) is 5.92 Å². The Morgan fingerprint density at radius 2 is 2.00 bits per heavy atom. The molecule has 58 valence electrons. The SMILES string of the molecule is O=C(O)C#CC1(C(=O)[O-])CC1. The second-order valence-electron chi connectivity index (χ2n) is 2.42. The highest BCUT2D eigenvalue weighted by Crippen LogP contribution is 2.44. The van der Waals surface area contributed by atoms with E-state index in [1.165, 1.54) is 0 Å². The number of aliphatic carboxylic acids is 2. The largest absolute Gasteiger partial charge is 0.548 e. The zero-order chi connectivity index (χ0) is 8.48. The van der Waals surface area contributed by atoms with Crippen LogP contribution in [-0.2, 0) is 9.59 Å². The van der Waals surface area contributed by atoms with E-state index in [0.29, 0.717) is 12.8 Å². The van der Waals surface area contributed by atoms with Gasteiger partial charge >= 0.3 is 5.97 Å². The first-order chi connectivity index (χ1) is 5.07. The van der Waals surface area contributed by atoms with Crippen molar-refractivity contribution in [2.45, 2.75) is 12.8 Å². The van der Waals surface area contributed by atoms with Crippen molar-refractivity contribution in [3.8, 4) is 11.8 Å². The number of hydrogen-bond donors (Lipinski definition) is 1. The highest BCUT2D eigenvalue weighted by Gasteiger charge is 2.42. The van der Waals surface area contributed by atoms with Crippen LogP contribution in [0.5, 0.6) is 0 Å². The van der Waals surface area contributed by atoms with E-state index in [9.17, 15) is 14.7 Å². The van der Waals surface area contributed by atoms with E-state index >= 15 is 0 Å². The van der Waals surface area contributed by atoms with Gasteiger partial charge in [0.05, 0.1) is 11.4 Å². The van der Waals surface area contributed by atoms with Gasteiger partial charge in [-0.05, 0) is 12.8 Å². The Bertz CT molecular complexity index is 264. The van der Waals surface area contributed by atoms with Gasteiger partial charge in [-0.15, -0.1) is 0 Å². The standard InChI is InChI=1S/C7H6O4/c8-5(9)1-2-7(3-4-7)6(10)11/h3-4H2,(H,8,9)(H,10,11)/p-1. The molecular weight excluding hydrogens is 148 g/mol. The maximum absolute atomic E-state index is 10.3. The number of rotatable bonds is 1. The van der Waals surface area contributed by atoms with Crippen molar-refractivity contribution in [2.75, 3.05) is 0 Å². The Morgan fingerprint density at radius 1 is 1.45 bits per heavy atom. The van der Waals surface area contributed by atoms with Crippen molar-refractivity contribution >= 4 is 11.9 Å². The first-order valence-electron chi connectivity index (χ1n) is 3.04. The predicted octanol–water partition coefficient (Wildman–Crippen LogP) is -1.40. The minimum absolute atomic E-state index is 0.398. The lowest BCUT2D eigenvalue weighted by Gasteiger charge is -2.05. The average Bonchev–Trinajstić information content (AvgIpc) is 2.63. The van der Waals surface area contributed by atoms with Gasteiger partial charge in [0.2, 0.25) is 0 Å². The van der Waals surface area contributed by atoms with Gasteiger partial charge in [0.25, 0.3) is 0 Å². The smallest absolute Gasteiger partial charge is 0.381 e. The molecule has 0 aliphatic heterocycles. The maximum atomic E-state index is 10.3. The summed E-state index contributed by atoms with van der Waals surface area (Å²) in [5.41, 5.74) is -1.15. The second kappa shape index (κ2) is 2.27. The van der Waals surface area contributed by atoms with Crippen LogP contribution >= 0.6 is 0 Å². The van der Waals surface area contributed by atoms with E-state index in [-0.39, 0.29) is 0 Å². The van der Waals surface area contributed by atoms with E-state index in [4.69, 9.17) is 5.11 Å². The maximum Gasteiger partial charge on any atom is 0.381 e. The summed E-state index contributed by atoms with van der Waals surface area (Å²) >= 11 is 0. The van der Waals surface area contributed by atoms with Crippen molar-refractivity contribution in [1.29, 1.82) is 0 Å². The number of carboxylic acids is 2. The van der Waals surface area contributed by atoms with Gasteiger partial charge in [-0.3, -0.25) is 0 Å². The molecule has 1 fully saturated rings. The van der Waals surface area contributed by atoms with E-state index in [2.05, 4.69) is 5.92 Å². The van der Waals surface area contributed by atoms with Crippen LogP contribution in [0.4, 0.5) is 0 Å². The highest BCUT2D eigenvalue weighted by molar-refractivity contribution is 5.89. The van der Waals surface area contributed by atoms with Gasteiger partial charge in [-0.25, -0.2) is 4.79 Å². The van der Waals surface area contributed by atoms with Gasteiger partial charge in [0, 0.05) is 5.92 Å². The van der Waals surface area contributed by atoms with Gasteiger partial charge in [0.1, 0.15) is 0 Å². The van der Waals surface area contributed by atoms with Crippen LogP contribution < -0.4 is 5.11 Å². The van der Waals surface area contributed by atoms with Crippen molar-refractivity contribution in [1.82, 2.24) is 0 Å². The molecule has 1 aliphatic rings. The second-order valence-corrected chi connectivity index (χ2v) is 2.42. The third-order valence-corrected chi connectivity index (χ3v) is 1.55. The van der Waals surface area contributed by atoms with Crippen molar-refractivity contribution in [2.24, 2.45) is 5.41 Å². The molecule has 1 saturated carbocycles. The van der Waals surface area contributed by atoms with E-state index in [1.54, 1.807) is 5.92 Å². The third-order valence-electron chi connectivity index (χ3n) is 1.55. The number of carboxylic acid groups (broad SMARTS) is 2. The normalized spacial score (nSPS) is 17.8. The summed E-state index contributed by atoms with van der Waals surface area (Å²) < 4.78 is 0. The lowest BCUT2D eigenvalue weighted by Crippen LogP contribution is -2.31. The fraction of sp³-hybridized carbons (Fsp3) is 0.429. The van der Waals surface area contributed by atoms with Crippen molar-refractivity contribution < 1.29 is 19.8 Å². The number of carbonyl (C=O) groups is 2. The lowest BCUT2D eigenvalue weighted by molar-refractivity contribution is -0.311. The molecule has 0 spiro atoms. The molecule has 0 heterocycles. The molecule has 0 aromatic rings. The first kappa shape index (κ1) is 7.61. The molecule has 0 saturated heterocycles. The predicted molar refractivity (Wildman–Crippen MR) is 32.1 cm³/mol. The van der Waals surface area contributed by atoms with Crippen LogP contribution in [0.1, 0.15) is 12.8 Å². The monoisotopic (exact) mass is 153 g/mol. The Morgan fingerprint density at radius 3 is 2.27 bits per heavy atom. The summed E-state index contributed by atoms with van der Waals surface area (Å²) in [5.74, 6) is 1.35. The molecule has 0 atom stereocenters. The Labute approximate surface area is 62.8 Å². The summed E-state index contributed by atoms with van der Waals surface area (Å²) in [6.45, 7) is 0. The molecule has 11 heavy (non-hydrogen) atoms. The molecule has 1 rings (SSSR count). The van der Waals surface area contributed by atoms with E-state index < -0.39 is 17.4 Å². The van der Waals surface area contributed by atoms with E-state index in [1.807, 2.05) is 0 Å². The zero-order valence-electron chi connectivity index (χ0n) is 5.59. The molecule has 0 radical (unpaired) electrons. The van der Waals surface area contributed by atoms with Crippen molar-refractivity contribution in [3.63, 3.8) is 0 Å². The van der Waals surface area contributed by atoms with Crippen LogP contribution in [-0.4, -0.2) is 17.0 Å². The molecule has 0 amide bonds. The molecule has 4 nitrogen and oxygen atoms in total. The van der Waals surface area contributed by atoms with Crippen LogP contribution in [0.3, 0.4) is 0 Å². The summed E-state index contributed by atoms with van der Waals surface area (Å²) in [6, 6.07) is 0. The summed E-state index contributed by atoms with van der Waals surface area (Å²) in [5, 5.41) is 18.4. The topological polar surface area (TPSA) is 77.4 Å². The molecule has 0 unspecified atom stereocenters. The van der Waals surface area contributed by atoms with E-state index in [0.717, 1.165) is 0 Å². The number of carbonyl (C=O) groups excluding carboxylic acids is 1. The quantitative estimate of drug-likeness (QED) is 0.470. The molecule has 4 heteroatoms. The fourth-order valence-electron chi connectivity index (χ4n) is 0.678.